The second-order valence-corrected chi connectivity index (χ2v) is 4.16. The van der Waals surface area contributed by atoms with Crippen molar-refractivity contribution in [1.29, 1.82) is 0 Å². The average molecular weight is 206 g/mol. The summed E-state index contributed by atoms with van der Waals surface area (Å²) in [6, 6.07) is 3.81. The number of hydrogen-bond donors (Lipinski definition) is 2. The van der Waals surface area contributed by atoms with E-state index in [0.717, 1.165) is 11.6 Å². The average Bonchev–Trinajstić information content (AvgIpc) is 2.16. The Kier molecular flexibility index (Phi) is 2.58. The number of pyridine rings is 1. The second kappa shape index (κ2) is 3.88. The minimum absolute atomic E-state index is 0.0857. The maximum atomic E-state index is 10.6. The van der Waals surface area contributed by atoms with E-state index in [1.165, 1.54) is 18.9 Å². The minimum Gasteiger partial charge on any atom is -0.477 e. The molecule has 0 unspecified atom stereocenters. The van der Waals surface area contributed by atoms with Crippen LogP contribution in [0.15, 0.2) is 18.3 Å². The van der Waals surface area contributed by atoms with Gasteiger partial charge in [0.15, 0.2) is 0 Å². The van der Waals surface area contributed by atoms with Crippen molar-refractivity contribution in [1.82, 2.24) is 4.98 Å². The third-order valence-electron chi connectivity index (χ3n) is 2.73. The maximum Gasteiger partial charge on any atom is 0.354 e. The van der Waals surface area contributed by atoms with E-state index in [9.17, 15) is 4.79 Å². The summed E-state index contributed by atoms with van der Waals surface area (Å²) in [7, 11) is 0. The molecule has 1 aromatic rings. The minimum atomic E-state index is -0.987. The highest BCUT2D eigenvalue weighted by Crippen LogP contribution is 2.29. The lowest BCUT2D eigenvalue weighted by molar-refractivity contribution is 0.0690. The van der Waals surface area contributed by atoms with Crippen LogP contribution in [0.2, 0.25) is 0 Å². The molecule has 0 radical (unpaired) electrons. The first kappa shape index (κ1) is 9.96. The zero-order chi connectivity index (χ0) is 10.8. The molecule has 2 rings (SSSR count). The Morgan fingerprint density at radius 3 is 2.73 bits per heavy atom. The van der Waals surface area contributed by atoms with Gasteiger partial charge in [0.1, 0.15) is 5.69 Å². The van der Waals surface area contributed by atoms with Crippen LogP contribution in [0, 0.1) is 5.92 Å². The molecule has 0 aliphatic heterocycles. The van der Waals surface area contributed by atoms with E-state index in [2.05, 4.69) is 17.2 Å². The molecule has 80 valence electrons. The lowest BCUT2D eigenvalue weighted by Crippen LogP contribution is -2.33. The molecule has 0 bridgehead atoms. The largest absolute Gasteiger partial charge is 0.477 e. The predicted octanol–water partition coefficient (Wildman–Crippen LogP) is 1.99. The number of carboxylic acid groups (broad SMARTS) is 1. The Labute approximate surface area is 88.3 Å². The highest BCUT2D eigenvalue weighted by atomic mass is 16.4. The van der Waals surface area contributed by atoms with Gasteiger partial charge in [-0.15, -0.1) is 0 Å². The molecule has 4 nitrogen and oxygen atoms in total. The lowest BCUT2D eigenvalue weighted by atomic mass is 9.82. The van der Waals surface area contributed by atoms with E-state index in [4.69, 9.17) is 5.11 Å². The van der Waals surface area contributed by atoms with Crippen LogP contribution < -0.4 is 5.32 Å². The van der Waals surface area contributed by atoms with Gasteiger partial charge in [0.2, 0.25) is 0 Å². The Morgan fingerprint density at radius 2 is 2.27 bits per heavy atom. The van der Waals surface area contributed by atoms with Gasteiger partial charge in [0.25, 0.3) is 0 Å². The van der Waals surface area contributed by atoms with Gasteiger partial charge >= 0.3 is 5.97 Å². The number of anilines is 1. The third kappa shape index (κ3) is 2.26. The van der Waals surface area contributed by atoms with E-state index in [1.54, 1.807) is 12.3 Å². The monoisotopic (exact) mass is 206 g/mol. The van der Waals surface area contributed by atoms with Crippen LogP contribution in [0.1, 0.15) is 30.3 Å². The first-order valence-corrected chi connectivity index (χ1v) is 5.11. The number of rotatable bonds is 3. The SMILES string of the molecule is CC1CC(Nc2ccc(C(=O)O)nc2)C1. The van der Waals surface area contributed by atoms with Crippen LogP contribution >= 0.6 is 0 Å². The molecule has 1 aromatic heterocycles. The fourth-order valence-electron chi connectivity index (χ4n) is 1.86. The van der Waals surface area contributed by atoms with Crippen LogP contribution in [0.25, 0.3) is 0 Å². The van der Waals surface area contributed by atoms with Gasteiger partial charge in [-0.1, -0.05) is 6.92 Å². The molecular formula is C11H14N2O2. The molecule has 1 aliphatic rings. The van der Waals surface area contributed by atoms with Crippen LogP contribution in [0.3, 0.4) is 0 Å². The smallest absolute Gasteiger partial charge is 0.354 e. The predicted molar refractivity (Wildman–Crippen MR) is 57.0 cm³/mol. The Hall–Kier alpha value is -1.58. The van der Waals surface area contributed by atoms with Crippen molar-refractivity contribution in [3.05, 3.63) is 24.0 Å². The van der Waals surface area contributed by atoms with Crippen molar-refractivity contribution in [3.63, 3.8) is 0 Å². The Morgan fingerprint density at radius 1 is 1.53 bits per heavy atom. The van der Waals surface area contributed by atoms with Gasteiger partial charge in [-0.2, -0.15) is 0 Å². The van der Waals surface area contributed by atoms with E-state index in [0.29, 0.717) is 6.04 Å². The van der Waals surface area contributed by atoms with Gasteiger partial charge in [-0.05, 0) is 30.9 Å². The summed E-state index contributed by atoms with van der Waals surface area (Å²) in [5, 5.41) is 12.0. The molecule has 0 amide bonds. The van der Waals surface area contributed by atoms with Crippen LogP contribution in [0.5, 0.6) is 0 Å². The summed E-state index contributed by atoms with van der Waals surface area (Å²) in [4.78, 5) is 14.4. The van der Waals surface area contributed by atoms with E-state index in [1.807, 2.05) is 0 Å². The first-order valence-electron chi connectivity index (χ1n) is 5.11. The number of nitrogens with one attached hydrogen (secondary N) is 1. The quantitative estimate of drug-likeness (QED) is 0.793. The van der Waals surface area contributed by atoms with Crippen LogP contribution in [-0.4, -0.2) is 22.1 Å². The normalized spacial score (nSPS) is 24.3. The molecule has 0 spiro atoms. The highest BCUT2D eigenvalue weighted by Gasteiger charge is 2.24. The first-order chi connectivity index (χ1) is 7.15. The molecule has 2 N–H and O–H groups in total. The zero-order valence-electron chi connectivity index (χ0n) is 8.60. The molecule has 1 heterocycles. The number of nitrogens with zero attached hydrogens (tertiary/aromatic N) is 1. The molecule has 0 atom stereocenters. The van der Waals surface area contributed by atoms with Crippen molar-refractivity contribution < 1.29 is 9.90 Å². The summed E-state index contributed by atoms with van der Waals surface area (Å²) in [5.41, 5.74) is 0.986. The molecule has 15 heavy (non-hydrogen) atoms. The fraction of sp³-hybridized carbons (Fsp3) is 0.455. The molecular weight excluding hydrogens is 192 g/mol. The van der Waals surface area contributed by atoms with E-state index in [-0.39, 0.29) is 5.69 Å². The zero-order valence-corrected chi connectivity index (χ0v) is 8.60. The third-order valence-corrected chi connectivity index (χ3v) is 2.73. The van der Waals surface area contributed by atoms with Crippen molar-refractivity contribution in [2.75, 3.05) is 5.32 Å². The highest BCUT2D eigenvalue weighted by molar-refractivity contribution is 5.85. The number of aromatic nitrogens is 1. The number of hydrogen-bond acceptors (Lipinski definition) is 3. The van der Waals surface area contributed by atoms with E-state index >= 15 is 0 Å². The molecule has 1 aliphatic carbocycles. The van der Waals surface area contributed by atoms with Crippen molar-refractivity contribution in [3.8, 4) is 0 Å². The molecule has 1 fully saturated rings. The van der Waals surface area contributed by atoms with Gasteiger partial charge in [-0.3, -0.25) is 0 Å². The molecule has 1 saturated carbocycles. The number of aromatic carboxylic acids is 1. The Balaban J connectivity index is 1.95. The van der Waals surface area contributed by atoms with Crippen molar-refractivity contribution >= 4 is 11.7 Å². The molecule has 0 saturated heterocycles. The Bertz CT molecular complexity index is 355. The number of carboxylic acids is 1. The topological polar surface area (TPSA) is 62.2 Å². The summed E-state index contributed by atoms with van der Waals surface area (Å²) in [5.74, 6) is -0.187. The van der Waals surface area contributed by atoms with Crippen LogP contribution in [-0.2, 0) is 0 Å². The summed E-state index contributed by atoms with van der Waals surface area (Å²) in [6.07, 6.45) is 3.94. The van der Waals surface area contributed by atoms with E-state index < -0.39 is 5.97 Å². The van der Waals surface area contributed by atoms with Crippen molar-refractivity contribution in [2.24, 2.45) is 5.92 Å². The summed E-state index contributed by atoms with van der Waals surface area (Å²) >= 11 is 0. The van der Waals surface area contributed by atoms with Gasteiger partial charge in [-0.25, -0.2) is 9.78 Å². The fourth-order valence-corrected chi connectivity index (χ4v) is 1.86. The number of carbonyl (C=O) groups is 1. The van der Waals surface area contributed by atoms with Gasteiger partial charge < -0.3 is 10.4 Å². The molecule has 4 heteroatoms. The van der Waals surface area contributed by atoms with Gasteiger partial charge in [0, 0.05) is 6.04 Å². The molecule has 0 aromatic carbocycles. The summed E-state index contributed by atoms with van der Waals surface area (Å²) < 4.78 is 0. The lowest BCUT2D eigenvalue weighted by Gasteiger charge is -2.33. The summed E-state index contributed by atoms with van der Waals surface area (Å²) in [6.45, 7) is 2.23. The second-order valence-electron chi connectivity index (χ2n) is 4.16. The standard InChI is InChI=1S/C11H14N2O2/c1-7-4-9(5-7)13-8-2-3-10(11(14)15)12-6-8/h2-3,6-7,9,13H,4-5H2,1H3,(H,14,15). The van der Waals surface area contributed by atoms with Crippen molar-refractivity contribution in [2.45, 2.75) is 25.8 Å². The van der Waals surface area contributed by atoms with Gasteiger partial charge in [0.05, 0.1) is 11.9 Å². The van der Waals surface area contributed by atoms with Crippen LogP contribution in [0.4, 0.5) is 5.69 Å². The maximum absolute atomic E-state index is 10.6.